The van der Waals surface area contributed by atoms with Crippen molar-refractivity contribution < 1.29 is 23.9 Å². The van der Waals surface area contributed by atoms with Gasteiger partial charge >= 0.3 is 12.2 Å². The molecule has 0 saturated carbocycles. The number of ether oxygens (including phenoxy) is 2. The Hall–Kier alpha value is -2.84. The van der Waals surface area contributed by atoms with Crippen LogP contribution in [0.1, 0.15) is 44.9 Å². The van der Waals surface area contributed by atoms with Crippen molar-refractivity contribution in [2.24, 2.45) is 39.4 Å². The van der Waals surface area contributed by atoms with Crippen molar-refractivity contribution in [2.75, 3.05) is 45.9 Å². The molecule has 0 spiro atoms. The maximum absolute atomic E-state index is 12.6. The molecule has 34 heavy (non-hydrogen) atoms. The molecule has 0 aromatic heterocycles. The van der Waals surface area contributed by atoms with Gasteiger partial charge in [0.25, 0.3) is 0 Å². The number of hydrogen-bond acceptors (Lipinski definition) is 9. The van der Waals surface area contributed by atoms with Gasteiger partial charge < -0.3 is 49.2 Å². The number of guanidine groups is 1. The summed E-state index contributed by atoms with van der Waals surface area (Å²) in [6, 6.07) is -0.845. The Kier molecular flexibility index (Phi) is 18.0. The lowest BCUT2D eigenvalue weighted by Crippen LogP contribution is -2.47. The quantitative estimate of drug-likeness (QED) is 0.0611. The number of primary amides is 1. The fourth-order valence-corrected chi connectivity index (χ4v) is 2.96. The molecule has 0 radical (unpaired) electrons. The first-order chi connectivity index (χ1) is 16.2. The number of nitrogens with zero attached hydrogens (tertiary/aromatic N) is 2. The zero-order chi connectivity index (χ0) is 25.8. The summed E-state index contributed by atoms with van der Waals surface area (Å²) < 4.78 is 10.1. The van der Waals surface area contributed by atoms with Crippen LogP contribution in [0.15, 0.2) is 4.99 Å². The molecule has 0 fully saturated rings. The van der Waals surface area contributed by atoms with Crippen molar-refractivity contribution in [1.82, 2.24) is 10.2 Å². The van der Waals surface area contributed by atoms with E-state index in [9.17, 15) is 14.4 Å². The number of amides is 3. The van der Waals surface area contributed by atoms with Crippen molar-refractivity contribution in [3.63, 3.8) is 0 Å². The molecule has 0 bridgehead atoms. The predicted octanol–water partition coefficient (Wildman–Crippen LogP) is -1.75. The first-order valence-electron chi connectivity index (χ1n) is 11.5. The molecular weight excluding hydrogens is 446 g/mol. The molecule has 2 atom stereocenters. The third kappa shape index (κ3) is 17.7. The van der Waals surface area contributed by atoms with Crippen LogP contribution in [0.4, 0.5) is 9.59 Å². The Morgan fingerprint density at radius 1 is 0.882 bits per heavy atom. The minimum atomic E-state index is -0.931. The van der Waals surface area contributed by atoms with Crippen molar-refractivity contribution in [1.29, 1.82) is 0 Å². The van der Waals surface area contributed by atoms with Crippen molar-refractivity contribution in [2.45, 2.75) is 57.0 Å². The zero-order valence-electron chi connectivity index (χ0n) is 20.0. The summed E-state index contributed by atoms with van der Waals surface area (Å²) in [7, 11) is 0. The van der Waals surface area contributed by atoms with E-state index in [1.165, 1.54) is 4.90 Å². The van der Waals surface area contributed by atoms with Gasteiger partial charge in [-0.05, 0) is 51.6 Å². The molecule has 0 aliphatic heterocycles. The Labute approximate surface area is 201 Å². The molecule has 0 aliphatic carbocycles. The van der Waals surface area contributed by atoms with Gasteiger partial charge in [0.15, 0.2) is 5.96 Å². The molecule has 0 heterocycles. The van der Waals surface area contributed by atoms with Gasteiger partial charge in [-0.25, -0.2) is 9.59 Å². The highest BCUT2D eigenvalue weighted by atomic mass is 16.6. The van der Waals surface area contributed by atoms with E-state index in [0.717, 1.165) is 12.8 Å². The standard InChI is InChI=1S/C20H43N9O5/c21-8-2-1-7-16(14-33-19(26)31)28-17(30)12-29(11-4-3-9-22)20(32)34-13-15(23)6-5-10-27-18(24)25/h15-16H,1-14,21-23H2,(H2,26,31)(H,28,30)(H4,24,25,27)/t15-,16+/m0/s1. The molecule has 0 aromatic rings. The second kappa shape index (κ2) is 19.6. The van der Waals surface area contributed by atoms with Crippen LogP contribution in [0.5, 0.6) is 0 Å². The highest BCUT2D eigenvalue weighted by molar-refractivity contribution is 5.82. The Bertz CT molecular complexity index is 617. The number of aliphatic imine (C=N–C) groups is 1. The van der Waals surface area contributed by atoms with Crippen LogP contribution in [0, 0.1) is 0 Å². The largest absolute Gasteiger partial charge is 0.448 e. The van der Waals surface area contributed by atoms with E-state index in [1.54, 1.807) is 0 Å². The van der Waals surface area contributed by atoms with Gasteiger partial charge in [0.05, 0.1) is 6.04 Å². The van der Waals surface area contributed by atoms with E-state index in [4.69, 9.17) is 43.9 Å². The summed E-state index contributed by atoms with van der Waals surface area (Å²) in [5.41, 5.74) is 32.6. The summed E-state index contributed by atoms with van der Waals surface area (Å²) >= 11 is 0. The third-order valence-electron chi connectivity index (χ3n) is 4.72. The lowest BCUT2D eigenvalue weighted by atomic mass is 10.1. The number of carbonyl (C=O) groups is 3. The normalized spacial score (nSPS) is 12.3. The number of nitrogens with two attached hydrogens (primary N) is 6. The minimum Gasteiger partial charge on any atom is -0.448 e. The Morgan fingerprint density at radius 3 is 2.18 bits per heavy atom. The van der Waals surface area contributed by atoms with E-state index in [2.05, 4.69) is 10.3 Å². The van der Waals surface area contributed by atoms with Crippen LogP contribution in [-0.2, 0) is 14.3 Å². The summed E-state index contributed by atoms with van der Waals surface area (Å²) in [4.78, 5) is 41.3. The van der Waals surface area contributed by atoms with Crippen molar-refractivity contribution in [3.05, 3.63) is 0 Å². The van der Waals surface area contributed by atoms with Crippen LogP contribution in [0.2, 0.25) is 0 Å². The second-order valence-corrected chi connectivity index (χ2v) is 7.88. The van der Waals surface area contributed by atoms with Crippen LogP contribution in [-0.4, -0.2) is 87.0 Å². The number of carbonyl (C=O) groups excluding carboxylic acids is 3. The molecule has 14 nitrogen and oxygen atoms in total. The minimum absolute atomic E-state index is 0.00852. The lowest BCUT2D eigenvalue weighted by molar-refractivity contribution is -0.123. The molecule has 198 valence electrons. The monoisotopic (exact) mass is 489 g/mol. The van der Waals surface area contributed by atoms with E-state index in [1.807, 2.05) is 0 Å². The molecule has 0 saturated heterocycles. The van der Waals surface area contributed by atoms with E-state index in [-0.39, 0.29) is 25.7 Å². The fraction of sp³-hybridized carbons (Fsp3) is 0.800. The predicted molar refractivity (Wildman–Crippen MR) is 129 cm³/mol. The molecule has 0 unspecified atom stereocenters. The van der Waals surface area contributed by atoms with Gasteiger partial charge in [-0.15, -0.1) is 0 Å². The smallest absolute Gasteiger partial charge is 0.410 e. The first-order valence-corrected chi connectivity index (χ1v) is 11.5. The summed E-state index contributed by atoms with van der Waals surface area (Å²) in [6.45, 7) is 1.38. The van der Waals surface area contributed by atoms with E-state index >= 15 is 0 Å². The maximum Gasteiger partial charge on any atom is 0.410 e. The SMILES string of the molecule is NCCCC[C@H](COC(N)=O)NC(=O)CN(CCCCN)C(=O)OC[C@@H](N)CCCN=C(N)N. The fourth-order valence-electron chi connectivity index (χ4n) is 2.96. The average molecular weight is 490 g/mol. The van der Waals surface area contributed by atoms with Crippen molar-refractivity contribution in [3.8, 4) is 0 Å². The van der Waals surface area contributed by atoms with Gasteiger partial charge in [0, 0.05) is 19.1 Å². The van der Waals surface area contributed by atoms with E-state index < -0.39 is 30.2 Å². The molecule has 3 amide bonds. The molecule has 0 rings (SSSR count). The molecule has 0 aliphatic rings. The topological polar surface area (TPSA) is 253 Å². The average Bonchev–Trinajstić information content (AvgIpc) is 2.78. The van der Waals surface area contributed by atoms with Crippen molar-refractivity contribution >= 4 is 24.1 Å². The van der Waals surface area contributed by atoms with Gasteiger partial charge in [0.1, 0.15) is 19.8 Å². The number of hydrogen-bond donors (Lipinski definition) is 7. The highest BCUT2D eigenvalue weighted by Gasteiger charge is 2.21. The van der Waals surface area contributed by atoms with Crippen LogP contribution in [0.25, 0.3) is 0 Å². The van der Waals surface area contributed by atoms with Gasteiger partial charge in [-0.1, -0.05) is 6.42 Å². The van der Waals surface area contributed by atoms with Crippen LogP contribution < -0.4 is 39.7 Å². The summed E-state index contributed by atoms with van der Waals surface area (Å²) in [6.07, 6.45) is 2.93. The van der Waals surface area contributed by atoms with Crippen LogP contribution >= 0.6 is 0 Å². The Balaban J connectivity index is 4.80. The lowest BCUT2D eigenvalue weighted by Gasteiger charge is -2.24. The molecular formula is C20H43N9O5. The number of rotatable bonds is 19. The van der Waals surface area contributed by atoms with Crippen LogP contribution in [0.3, 0.4) is 0 Å². The zero-order valence-corrected chi connectivity index (χ0v) is 20.0. The van der Waals surface area contributed by atoms with E-state index in [0.29, 0.717) is 58.3 Å². The Morgan fingerprint density at radius 2 is 1.56 bits per heavy atom. The third-order valence-corrected chi connectivity index (χ3v) is 4.72. The second-order valence-electron chi connectivity index (χ2n) is 7.88. The maximum atomic E-state index is 12.6. The van der Waals surface area contributed by atoms with Gasteiger partial charge in [-0.3, -0.25) is 14.7 Å². The molecule has 0 aromatic carbocycles. The summed E-state index contributed by atoms with van der Waals surface area (Å²) in [5, 5.41) is 2.77. The number of unbranched alkanes of at least 4 members (excludes halogenated alkanes) is 2. The number of nitrogens with one attached hydrogen (secondary N) is 1. The summed E-state index contributed by atoms with van der Waals surface area (Å²) in [5.74, 6) is -0.411. The molecule has 14 heteroatoms. The molecule has 13 N–H and O–H groups in total. The van der Waals surface area contributed by atoms with Gasteiger partial charge in [-0.2, -0.15) is 0 Å². The first kappa shape index (κ1) is 31.2. The highest BCUT2D eigenvalue weighted by Crippen LogP contribution is 2.05. The van der Waals surface area contributed by atoms with Gasteiger partial charge in [0.2, 0.25) is 5.91 Å².